The van der Waals surface area contributed by atoms with Gasteiger partial charge in [-0.25, -0.2) is 13.2 Å². The van der Waals surface area contributed by atoms with Gasteiger partial charge in [-0.2, -0.15) is 0 Å². The van der Waals surface area contributed by atoms with Gasteiger partial charge in [0, 0.05) is 25.9 Å². The fraction of sp³-hybridized carbons (Fsp3) is 0.556. The molecule has 8 heteroatoms. The van der Waals surface area contributed by atoms with E-state index >= 15 is 0 Å². The topological polar surface area (TPSA) is 104 Å². The Morgan fingerprint density at radius 3 is 2.73 bits per heavy atom. The molecule has 0 radical (unpaired) electrons. The lowest BCUT2D eigenvalue weighted by Gasteiger charge is -2.23. The second-order valence-corrected chi connectivity index (χ2v) is 9.62. The number of carboxylic acid groups (broad SMARTS) is 1. The lowest BCUT2D eigenvalue weighted by molar-refractivity contribution is -0.149. The minimum Gasteiger partial charge on any atom is -0.481 e. The standard InChI is InChI=1S/C18H24N2O5S/c1-26(24,25)11-14-5-2-4-13(8-14)9-19-17(23)20-10-15-6-3-7-18(15,12-20)16(21)22/h2,4-5,8,15H,3,6-7,9-12H2,1H3,(H,19,23)(H,21,22)/t15-,18+/m0/s1. The molecule has 0 aromatic heterocycles. The molecule has 3 rings (SSSR count). The van der Waals surface area contributed by atoms with E-state index in [0.717, 1.165) is 18.4 Å². The van der Waals surface area contributed by atoms with Gasteiger partial charge in [0.1, 0.15) is 0 Å². The van der Waals surface area contributed by atoms with Crippen molar-refractivity contribution in [2.75, 3.05) is 19.3 Å². The van der Waals surface area contributed by atoms with Crippen molar-refractivity contribution < 1.29 is 23.1 Å². The predicted molar refractivity (Wildman–Crippen MR) is 96.2 cm³/mol. The molecule has 2 amide bonds. The Bertz CT molecular complexity index is 823. The van der Waals surface area contributed by atoms with Crippen LogP contribution in [0, 0.1) is 11.3 Å². The Kier molecular flexibility index (Phi) is 4.96. The average molecular weight is 380 g/mol. The van der Waals surface area contributed by atoms with Crippen LogP contribution in [0.4, 0.5) is 4.79 Å². The molecule has 1 aliphatic heterocycles. The first kappa shape index (κ1) is 18.7. The fourth-order valence-corrected chi connectivity index (χ4v) is 5.00. The number of nitrogens with one attached hydrogen (secondary N) is 1. The number of fused-ring (bicyclic) bond motifs is 1. The second-order valence-electron chi connectivity index (χ2n) is 7.48. The number of carboxylic acids is 1. The minimum absolute atomic E-state index is 0.0313. The quantitative estimate of drug-likeness (QED) is 0.808. The highest BCUT2D eigenvalue weighted by molar-refractivity contribution is 7.89. The number of likely N-dealkylation sites (tertiary alicyclic amines) is 1. The molecule has 1 saturated carbocycles. The minimum atomic E-state index is -3.11. The molecule has 26 heavy (non-hydrogen) atoms. The van der Waals surface area contributed by atoms with Gasteiger partial charge in [-0.3, -0.25) is 4.79 Å². The predicted octanol–water partition coefficient (Wildman–Crippen LogP) is 1.63. The van der Waals surface area contributed by atoms with Gasteiger partial charge in [-0.05, 0) is 29.9 Å². The van der Waals surface area contributed by atoms with Crippen molar-refractivity contribution in [3.63, 3.8) is 0 Å². The number of benzene rings is 1. The third-order valence-electron chi connectivity index (χ3n) is 5.45. The molecule has 0 bridgehead atoms. The maximum absolute atomic E-state index is 12.5. The van der Waals surface area contributed by atoms with E-state index < -0.39 is 21.2 Å². The Hall–Kier alpha value is -2.09. The van der Waals surface area contributed by atoms with E-state index in [1.807, 2.05) is 6.07 Å². The van der Waals surface area contributed by atoms with Crippen molar-refractivity contribution in [3.8, 4) is 0 Å². The first-order chi connectivity index (χ1) is 12.2. The van der Waals surface area contributed by atoms with E-state index in [0.29, 0.717) is 18.5 Å². The van der Waals surface area contributed by atoms with Gasteiger partial charge in [0.15, 0.2) is 9.84 Å². The third kappa shape index (κ3) is 3.85. The van der Waals surface area contributed by atoms with Crippen molar-refractivity contribution in [3.05, 3.63) is 35.4 Å². The van der Waals surface area contributed by atoms with Crippen LogP contribution in [-0.4, -0.2) is 49.8 Å². The summed E-state index contributed by atoms with van der Waals surface area (Å²) < 4.78 is 22.8. The summed E-state index contributed by atoms with van der Waals surface area (Å²) >= 11 is 0. The van der Waals surface area contributed by atoms with Crippen LogP contribution in [0.25, 0.3) is 0 Å². The molecule has 2 aliphatic rings. The molecule has 1 heterocycles. The second kappa shape index (κ2) is 6.90. The Labute approximate surface area is 153 Å². The zero-order valence-corrected chi connectivity index (χ0v) is 15.6. The van der Waals surface area contributed by atoms with Crippen molar-refractivity contribution >= 4 is 21.8 Å². The van der Waals surface area contributed by atoms with Crippen molar-refractivity contribution in [1.82, 2.24) is 10.2 Å². The van der Waals surface area contributed by atoms with Gasteiger partial charge in [-0.15, -0.1) is 0 Å². The van der Waals surface area contributed by atoms with Gasteiger partial charge in [0.25, 0.3) is 0 Å². The van der Waals surface area contributed by atoms with E-state index in [1.165, 1.54) is 6.26 Å². The van der Waals surface area contributed by atoms with Gasteiger partial charge < -0.3 is 15.3 Å². The monoisotopic (exact) mass is 380 g/mol. The van der Waals surface area contributed by atoms with Crippen LogP contribution < -0.4 is 5.32 Å². The molecule has 7 nitrogen and oxygen atoms in total. The molecule has 2 fully saturated rings. The van der Waals surface area contributed by atoms with Crippen LogP contribution in [-0.2, 0) is 26.9 Å². The maximum Gasteiger partial charge on any atom is 0.317 e. The van der Waals surface area contributed by atoms with Crippen LogP contribution in [0.15, 0.2) is 24.3 Å². The number of nitrogens with zero attached hydrogens (tertiary/aromatic N) is 1. The van der Waals surface area contributed by atoms with E-state index in [-0.39, 0.29) is 30.8 Å². The molecule has 1 aromatic rings. The van der Waals surface area contributed by atoms with Crippen LogP contribution >= 0.6 is 0 Å². The van der Waals surface area contributed by atoms with Crippen LogP contribution in [0.1, 0.15) is 30.4 Å². The van der Waals surface area contributed by atoms with E-state index in [4.69, 9.17) is 0 Å². The van der Waals surface area contributed by atoms with E-state index in [1.54, 1.807) is 23.1 Å². The summed E-state index contributed by atoms with van der Waals surface area (Å²) in [5.41, 5.74) is 0.707. The first-order valence-electron chi connectivity index (χ1n) is 8.71. The number of carbonyl (C=O) groups is 2. The highest BCUT2D eigenvalue weighted by atomic mass is 32.2. The molecule has 2 atom stereocenters. The SMILES string of the molecule is CS(=O)(=O)Cc1cccc(CNC(=O)N2C[C@@H]3CCC[C@@]3(C(=O)O)C2)c1. The van der Waals surface area contributed by atoms with Crippen LogP contribution in [0.5, 0.6) is 0 Å². The number of aliphatic carboxylic acids is 1. The molecule has 142 valence electrons. The summed E-state index contributed by atoms with van der Waals surface area (Å²) in [5.74, 6) is -0.809. The number of hydrogen-bond acceptors (Lipinski definition) is 4. The summed E-state index contributed by atoms with van der Waals surface area (Å²) in [4.78, 5) is 25.7. The summed E-state index contributed by atoms with van der Waals surface area (Å²) in [5, 5.41) is 12.4. The van der Waals surface area contributed by atoms with Gasteiger partial charge in [0.2, 0.25) is 0 Å². The molecule has 1 saturated heterocycles. The summed E-state index contributed by atoms with van der Waals surface area (Å²) in [7, 11) is -3.11. The lowest BCUT2D eigenvalue weighted by atomic mass is 9.81. The number of urea groups is 1. The summed E-state index contributed by atoms with van der Waals surface area (Å²) in [6.07, 6.45) is 3.57. The van der Waals surface area contributed by atoms with E-state index in [9.17, 15) is 23.1 Å². The maximum atomic E-state index is 12.5. The van der Waals surface area contributed by atoms with Gasteiger partial charge in [-0.1, -0.05) is 30.7 Å². The molecule has 2 N–H and O–H groups in total. The zero-order valence-electron chi connectivity index (χ0n) is 14.8. The molecular weight excluding hydrogens is 356 g/mol. The van der Waals surface area contributed by atoms with Crippen molar-refractivity contribution in [2.45, 2.75) is 31.6 Å². The normalized spacial score (nSPS) is 25.1. The Morgan fingerprint density at radius 1 is 1.35 bits per heavy atom. The number of sulfone groups is 1. The largest absolute Gasteiger partial charge is 0.481 e. The molecule has 0 spiro atoms. The summed E-state index contributed by atoms with van der Waals surface area (Å²) in [6.45, 7) is 1.01. The smallest absolute Gasteiger partial charge is 0.317 e. The fourth-order valence-electron chi connectivity index (χ4n) is 4.22. The van der Waals surface area contributed by atoms with Crippen LogP contribution in [0.3, 0.4) is 0 Å². The van der Waals surface area contributed by atoms with Crippen LogP contribution in [0.2, 0.25) is 0 Å². The van der Waals surface area contributed by atoms with E-state index in [2.05, 4.69) is 5.32 Å². The average Bonchev–Trinajstić information content (AvgIpc) is 3.09. The first-order valence-corrected chi connectivity index (χ1v) is 10.8. The third-order valence-corrected chi connectivity index (χ3v) is 6.31. The highest BCUT2D eigenvalue weighted by Gasteiger charge is 2.55. The molecule has 0 unspecified atom stereocenters. The Balaban J connectivity index is 1.60. The van der Waals surface area contributed by atoms with Gasteiger partial charge >= 0.3 is 12.0 Å². The lowest BCUT2D eigenvalue weighted by Crippen LogP contribution is -2.41. The number of rotatable bonds is 5. The molecule has 1 aliphatic carbocycles. The number of amides is 2. The molecule has 1 aromatic carbocycles. The van der Waals surface area contributed by atoms with Crippen molar-refractivity contribution in [2.24, 2.45) is 11.3 Å². The van der Waals surface area contributed by atoms with Crippen molar-refractivity contribution in [1.29, 1.82) is 0 Å². The molecular formula is C18H24N2O5S. The summed E-state index contributed by atoms with van der Waals surface area (Å²) in [6, 6.07) is 6.82. The number of hydrogen-bond donors (Lipinski definition) is 2. The Morgan fingerprint density at radius 2 is 2.08 bits per heavy atom. The van der Waals surface area contributed by atoms with Gasteiger partial charge in [0.05, 0.1) is 11.2 Å². The highest BCUT2D eigenvalue weighted by Crippen LogP contribution is 2.48. The zero-order chi connectivity index (χ0) is 18.9. The number of carbonyl (C=O) groups excluding carboxylic acids is 1.